The molecule has 3 N–H and O–H groups in total. The first kappa shape index (κ1) is 22.2. The molecule has 0 unspecified atom stereocenters. The first-order chi connectivity index (χ1) is 12.6. The van der Waals surface area contributed by atoms with Gasteiger partial charge in [0.15, 0.2) is 5.78 Å². The van der Waals surface area contributed by atoms with Crippen LogP contribution in [0.2, 0.25) is 0 Å². The number of hydrogen-bond donors (Lipinski definition) is 2. The van der Waals surface area contributed by atoms with Crippen molar-refractivity contribution in [1.29, 1.82) is 0 Å². The van der Waals surface area contributed by atoms with Gasteiger partial charge in [0.05, 0.1) is 31.8 Å². The van der Waals surface area contributed by atoms with Crippen LogP contribution in [-0.2, 0) is 24.5 Å². The molecule has 0 aromatic carbocycles. The van der Waals surface area contributed by atoms with Crippen LogP contribution in [0.25, 0.3) is 0 Å². The Morgan fingerprint density at radius 1 is 1.30 bits per heavy atom. The molecule has 0 aromatic rings. The summed E-state index contributed by atoms with van der Waals surface area (Å²) in [5.41, 5.74) is 5.89. The number of nitrogens with two attached hydrogens (primary N) is 1. The van der Waals surface area contributed by atoms with Crippen LogP contribution in [-0.4, -0.2) is 79.7 Å². The van der Waals surface area contributed by atoms with Crippen LogP contribution in [0.5, 0.6) is 0 Å². The molecule has 2 rings (SSSR count). The molecular weight excluding hydrogens is 372 g/mol. The molecule has 0 radical (unpaired) electrons. The van der Waals surface area contributed by atoms with E-state index in [2.05, 4.69) is 5.32 Å². The Bertz CT molecular complexity index is 633. The number of nitrogens with one attached hydrogen (secondary N) is 1. The van der Waals surface area contributed by atoms with Gasteiger partial charge in [-0.05, 0) is 32.1 Å². The largest absolute Gasteiger partial charge is 0.379 e. The van der Waals surface area contributed by atoms with Crippen molar-refractivity contribution >= 4 is 21.9 Å². The highest BCUT2D eigenvalue weighted by Gasteiger charge is 2.39. The third-order valence-corrected chi connectivity index (χ3v) is 7.14. The van der Waals surface area contributed by atoms with Crippen molar-refractivity contribution in [2.45, 2.75) is 58.2 Å². The van der Waals surface area contributed by atoms with Gasteiger partial charge in [0.1, 0.15) is 0 Å². The zero-order valence-corrected chi connectivity index (χ0v) is 17.2. The van der Waals surface area contributed by atoms with Gasteiger partial charge in [-0.3, -0.25) is 9.59 Å². The Hall–Kier alpha value is -1.07. The summed E-state index contributed by atoms with van der Waals surface area (Å²) in [7, 11) is -3.75. The fraction of sp³-hybridized carbons (Fsp3) is 0.882. The first-order valence-electron chi connectivity index (χ1n) is 9.56. The molecule has 2 aliphatic heterocycles. The SMILES string of the molecule is CC(C)C[C@H](N)C(=O)N[C@H]1CC[C@@H](C)N(S(=O)(=O)N2CCOCC2)CC1=O. The highest BCUT2D eigenvalue weighted by atomic mass is 32.2. The number of Topliss-reactive ketones (excluding diaryl/α,β-unsaturated/α-hetero) is 1. The van der Waals surface area contributed by atoms with Crippen molar-refractivity contribution < 1.29 is 22.7 Å². The number of ketones is 1. The van der Waals surface area contributed by atoms with Crippen LogP contribution in [0.3, 0.4) is 0 Å². The number of ether oxygens (including phenoxy) is 1. The maximum absolute atomic E-state index is 12.9. The molecule has 2 fully saturated rings. The first-order valence-corrected chi connectivity index (χ1v) is 11.0. The minimum absolute atomic E-state index is 0.245. The predicted molar refractivity (Wildman–Crippen MR) is 101 cm³/mol. The van der Waals surface area contributed by atoms with Crippen molar-refractivity contribution in [3.63, 3.8) is 0 Å². The highest BCUT2D eigenvalue weighted by Crippen LogP contribution is 2.22. The van der Waals surface area contributed by atoms with Gasteiger partial charge in [0.2, 0.25) is 5.91 Å². The van der Waals surface area contributed by atoms with Crippen LogP contribution in [0.15, 0.2) is 0 Å². The molecule has 0 aromatic heterocycles. The van der Waals surface area contributed by atoms with E-state index in [1.54, 1.807) is 6.92 Å². The average molecular weight is 405 g/mol. The normalized spacial score (nSPS) is 27.4. The Balaban J connectivity index is 2.05. The van der Waals surface area contributed by atoms with Crippen LogP contribution < -0.4 is 11.1 Å². The van der Waals surface area contributed by atoms with Crippen LogP contribution in [0, 0.1) is 5.92 Å². The number of amides is 1. The number of nitrogens with zero attached hydrogens (tertiary/aromatic N) is 2. The fourth-order valence-corrected chi connectivity index (χ4v) is 5.17. The number of carbonyl (C=O) groups excluding carboxylic acids is 2. The molecule has 1 amide bonds. The van der Waals surface area contributed by atoms with Gasteiger partial charge in [-0.25, -0.2) is 0 Å². The molecule has 0 bridgehead atoms. The lowest BCUT2D eigenvalue weighted by Gasteiger charge is -2.33. The second-order valence-electron chi connectivity index (χ2n) is 7.75. The molecule has 0 aliphatic carbocycles. The van der Waals surface area contributed by atoms with Gasteiger partial charge in [0.25, 0.3) is 10.2 Å². The summed E-state index contributed by atoms with van der Waals surface area (Å²) in [5, 5.41) is 2.72. The van der Waals surface area contributed by atoms with Crippen LogP contribution in [0.4, 0.5) is 0 Å². The minimum Gasteiger partial charge on any atom is -0.379 e. The standard InChI is InChI=1S/C17H32N4O5S/c1-12(2)10-14(18)17(23)19-15-5-4-13(3)21(11-16(15)22)27(24,25)20-6-8-26-9-7-20/h12-15H,4-11,18H2,1-3H3,(H,19,23)/t13-,14+,15+/m1/s1. The second-order valence-corrected chi connectivity index (χ2v) is 9.64. The Labute approximate surface area is 161 Å². The number of carbonyl (C=O) groups is 2. The van der Waals surface area contributed by atoms with E-state index in [9.17, 15) is 18.0 Å². The van der Waals surface area contributed by atoms with E-state index in [1.165, 1.54) is 8.61 Å². The van der Waals surface area contributed by atoms with Gasteiger partial charge < -0.3 is 15.8 Å². The topological polar surface area (TPSA) is 122 Å². The number of rotatable bonds is 6. The summed E-state index contributed by atoms with van der Waals surface area (Å²) in [6.07, 6.45) is 1.41. The molecule has 10 heteroatoms. The molecule has 156 valence electrons. The molecule has 27 heavy (non-hydrogen) atoms. The average Bonchev–Trinajstić information content (AvgIpc) is 2.75. The second kappa shape index (κ2) is 9.42. The van der Waals surface area contributed by atoms with E-state index < -0.39 is 22.3 Å². The van der Waals surface area contributed by atoms with Crippen molar-refractivity contribution in [2.24, 2.45) is 11.7 Å². The monoisotopic (exact) mass is 404 g/mol. The lowest BCUT2D eigenvalue weighted by Crippen LogP contribution is -2.53. The van der Waals surface area contributed by atoms with E-state index >= 15 is 0 Å². The molecular formula is C17H32N4O5S. The summed E-state index contributed by atoms with van der Waals surface area (Å²) in [4.78, 5) is 24.9. The Kier molecular flexibility index (Phi) is 7.75. The zero-order chi connectivity index (χ0) is 20.2. The van der Waals surface area contributed by atoms with Crippen molar-refractivity contribution in [1.82, 2.24) is 13.9 Å². The summed E-state index contributed by atoms with van der Waals surface area (Å²) in [6.45, 7) is 6.75. The zero-order valence-electron chi connectivity index (χ0n) is 16.4. The van der Waals surface area contributed by atoms with Crippen LogP contribution >= 0.6 is 0 Å². The van der Waals surface area contributed by atoms with E-state index in [0.29, 0.717) is 32.5 Å². The molecule has 0 spiro atoms. The van der Waals surface area contributed by atoms with Gasteiger partial charge in [-0.2, -0.15) is 17.0 Å². The quantitative estimate of drug-likeness (QED) is 0.614. The lowest BCUT2D eigenvalue weighted by atomic mass is 10.0. The summed E-state index contributed by atoms with van der Waals surface area (Å²) < 4.78 is 33.7. The predicted octanol–water partition coefficient (Wildman–Crippen LogP) is -0.525. The molecule has 0 saturated carbocycles. The fourth-order valence-electron chi connectivity index (χ4n) is 3.41. The van der Waals surface area contributed by atoms with E-state index in [-0.39, 0.29) is 43.3 Å². The molecule has 3 atom stereocenters. The van der Waals surface area contributed by atoms with Crippen LogP contribution in [0.1, 0.15) is 40.0 Å². The van der Waals surface area contributed by atoms with Gasteiger partial charge in [0, 0.05) is 19.1 Å². The lowest BCUT2D eigenvalue weighted by molar-refractivity contribution is -0.128. The Morgan fingerprint density at radius 3 is 2.52 bits per heavy atom. The van der Waals surface area contributed by atoms with Gasteiger partial charge >= 0.3 is 0 Å². The van der Waals surface area contributed by atoms with E-state index in [0.717, 1.165) is 0 Å². The van der Waals surface area contributed by atoms with E-state index in [4.69, 9.17) is 10.5 Å². The Morgan fingerprint density at radius 2 is 1.93 bits per heavy atom. The van der Waals surface area contributed by atoms with Crippen molar-refractivity contribution in [2.75, 3.05) is 32.8 Å². The minimum atomic E-state index is -3.75. The third kappa shape index (κ3) is 5.71. The molecule has 2 saturated heterocycles. The maximum atomic E-state index is 12.9. The highest BCUT2D eigenvalue weighted by molar-refractivity contribution is 7.86. The summed E-state index contributed by atoms with van der Waals surface area (Å²) >= 11 is 0. The maximum Gasteiger partial charge on any atom is 0.282 e. The number of morpholine rings is 1. The molecule has 9 nitrogen and oxygen atoms in total. The number of hydrogen-bond acceptors (Lipinski definition) is 6. The van der Waals surface area contributed by atoms with Crippen molar-refractivity contribution in [3.8, 4) is 0 Å². The third-order valence-electron chi connectivity index (χ3n) is 5.04. The van der Waals surface area contributed by atoms with Gasteiger partial charge in [-0.1, -0.05) is 13.8 Å². The molecule has 2 aliphatic rings. The summed E-state index contributed by atoms with van der Waals surface area (Å²) in [5.74, 6) is -0.398. The van der Waals surface area contributed by atoms with Gasteiger partial charge in [-0.15, -0.1) is 0 Å². The smallest absolute Gasteiger partial charge is 0.282 e. The summed E-state index contributed by atoms with van der Waals surface area (Å²) in [6, 6.07) is -1.71. The van der Waals surface area contributed by atoms with Crippen molar-refractivity contribution in [3.05, 3.63) is 0 Å². The van der Waals surface area contributed by atoms with E-state index in [1.807, 2.05) is 13.8 Å². The molecule has 2 heterocycles.